The monoisotopic (exact) mass is 322 g/mol. The van der Waals surface area contributed by atoms with Crippen LogP contribution in [-0.4, -0.2) is 30.1 Å². The molecule has 4 N–H and O–H groups in total. The van der Waals surface area contributed by atoms with E-state index in [0.29, 0.717) is 11.6 Å². The number of aliphatic hydroxyl groups excluding tert-OH is 2. The van der Waals surface area contributed by atoms with Crippen molar-refractivity contribution < 1.29 is 10.2 Å². The highest BCUT2D eigenvalue weighted by molar-refractivity contribution is 5.86. The smallest absolute Gasteiger partial charge is 0.135 e. The maximum Gasteiger partial charge on any atom is 0.135 e. The zero-order valence-electron chi connectivity index (χ0n) is 13.4. The number of nitrogens with one attached hydrogen (secondary N) is 2. The Labute approximate surface area is 138 Å². The second-order valence-corrected chi connectivity index (χ2v) is 6.06. The van der Waals surface area contributed by atoms with E-state index in [-0.39, 0.29) is 0 Å². The van der Waals surface area contributed by atoms with Crippen LogP contribution < -0.4 is 0 Å². The maximum atomic E-state index is 9.65. The van der Waals surface area contributed by atoms with Gasteiger partial charge in [0.1, 0.15) is 23.9 Å². The maximum absolute atomic E-state index is 9.65. The Kier molecular flexibility index (Phi) is 3.37. The lowest BCUT2D eigenvalue weighted by atomic mass is 10.0. The fourth-order valence-electron chi connectivity index (χ4n) is 2.81. The van der Waals surface area contributed by atoms with E-state index in [1.165, 1.54) is 0 Å². The molecule has 0 fully saturated rings. The van der Waals surface area contributed by atoms with Gasteiger partial charge in [-0.2, -0.15) is 0 Å². The van der Waals surface area contributed by atoms with Gasteiger partial charge in [0.15, 0.2) is 0 Å². The van der Waals surface area contributed by atoms with E-state index in [2.05, 4.69) is 19.9 Å². The van der Waals surface area contributed by atoms with E-state index < -0.39 is 12.2 Å². The standard InChI is InChI=1S/C18H18N4O2/c1-9(23)17-19-13-5-3-11(7-15(13)21-17)12-4-6-14-16(8-12)22-18(20-14)10(2)24/h3-10,23-24H,1-2H3,(H,19,21)(H,20,22)/t9-,10-/m1/s1. The summed E-state index contributed by atoms with van der Waals surface area (Å²) in [5.74, 6) is 1.13. The summed E-state index contributed by atoms with van der Waals surface area (Å²) in [6.45, 7) is 3.37. The second-order valence-electron chi connectivity index (χ2n) is 6.06. The predicted octanol–water partition coefficient (Wildman–Crippen LogP) is 3.21. The molecular formula is C18H18N4O2. The van der Waals surface area contributed by atoms with Gasteiger partial charge < -0.3 is 20.2 Å². The van der Waals surface area contributed by atoms with Crippen molar-refractivity contribution in [2.24, 2.45) is 0 Å². The molecule has 0 radical (unpaired) electrons. The molecule has 6 heteroatoms. The van der Waals surface area contributed by atoms with Crippen LogP contribution in [0.2, 0.25) is 0 Å². The Balaban J connectivity index is 1.79. The molecule has 2 atom stereocenters. The van der Waals surface area contributed by atoms with Gasteiger partial charge in [0, 0.05) is 0 Å². The lowest BCUT2D eigenvalue weighted by Gasteiger charge is -2.02. The highest BCUT2D eigenvalue weighted by Crippen LogP contribution is 2.27. The number of nitrogens with zero attached hydrogens (tertiary/aromatic N) is 2. The number of rotatable bonds is 3. The molecule has 0 aliphatic rings. The van der Waals surface area contributed by atoms with Crippen LogP contribution in [0.15, 0.2) is 36.4 Å². The van der Waals surface area contributed by atoms with Crippen molar-refractivity contribution >= 4 is 22.1 Å². The van der Waals surface area contributed by atoms with Gasteiger partial charge in [-0.15, -0.1) is 0 Å². The van der Waals surface area contributed by atoms with Crippen LogP contribution in [0.1, 0.15) is 37.7 Å². The number of hydrogen-bond donors (Lipinski definition) is 4. The summed E-state index contributed by atoms with van der Waals surface area (Å²) in [6, 6.07) is 11.9. The van der Waals surface area contributed by atoms with Crippen LogP contribution in [0.4, 0.5) is 0 Å². The van der Waals surface area contributed by atoms with Gasteiger partial charge in [0.05, 0.1) is 22.1 Å². The molecule has 24 heavy (non-hydrogen) atoms. The number of H-pyrrole nitrogens is 2. The van der Waals surface area contributed by atoms with Gasteiger partial charge in [-0.3, -0.25) is 0 Å². The largest absolute Gasteiger partial charge is 0.385 e. The molecule has 0 unspecified atom stereocenters. The van der Waals surface area contributed by atoms with Crippen LogP contribution in [0.5, 0.6) is 0 Å². The SMILES string of the molecule is C[C@@H](O)c1nc2ccc(-c3ccc4nc([C@@H](C)O)[nH]c4c3)cc2[nH]1. The van der Waals surface area contributed by atoms with Crippen LogP contribution in [0, 0.1) is 0 Å². The van der Waals surface area contributed by atoms with Gasteiger partial charge in [-0.1, -0.05) is 12.1 Å². The van der Waals surface area contributed by atoms with Gasteiger partial charge in [-0.25, -0.2) is 9.97 Å². The van der Waals surface area contributed by atoms with E-state index in [4.69, 9.17) is 0 Å². The number of fused-ring (bicyclic) bond motifs is 2. The van der Waals surface area contributed by atoms with Gasteiger partial charge >= 0.3 is 0 Å². The van der Waals surface area contributed by atoms with Crippen LogP contribution >= 0.6 is 0 Å². The van der Waals surface area contributed by atoms with Crippen molar-refractivity contribution in [2.75, 3.05) is 0 Å². The average molecular weight is 322 g/mol. The molecule has 2 heterocycles. The first-order chi connectivity index (χ1) is 11.5. The summed E-state index contributed by atoms with van der Waals surface area (Å²) in [4.78, 5) is 15.0. The Hall–Kier alpha value is -2.70. The highest BCUT2D eigenvalue weighted by atomic mass is 16.3. The third-order valence-electron chi connectivity index (χ3n) is 4.13. The minimum atomic E-state index is -0.624. The lowest BCUT2D eigenvalue weighted by molar-refractivity contribution is 0.190. The fraction of sp³-hybridized carbons (Fsp3) is 0.222. The zero-order chi connectivity index (χ0) is 16.8. The van der Waals surface area contributed by atoms with Crippen molar-refractivity contribution in [1.29, 1.82) is 0 Å². The molecule has 0 saturated heterocycles. The van der Waals surface area contributed by atoms with Crippen molar-refractivity contribution in [1.82, 2.24) is 19.9 Å². The summed E-state index contributed by atoms with van der Waals surface area (Å²) in [5.41, 5.74) is 5.51. The molecule has 4 aromatic rings. The third-order valence-corrected chi connectivity index (χ3v) is 4.13. The molecule has 4 rings (SSSR count). The van der Waals surface area contributed by atoms with Crippen LogP contribution in [0.3, 0.4) is 0 Å². The summed E-state index contributed by atoms with van der Waals surface area (Å²) >= 11 is 0. The number of aromatic amines is 2. The first kappa shape index (κ1) is 14.9. The molecule has 2 aromatic carbocycles. The molecule has 0 bridgehead atoms. The van der Waals surface area contributed by atoms with Crippen LogP contribution in [0.25, 0.3) is 33.2 Å². The molecule has 0 saturated carbocycles. The first-order valence-electron chi connectivity index (χ1n) is 7.87. The van der Waals surface area contributed by atoms with Gasteiger partial charge in [-0.05, 0) is 49.2 Å². The normalized spacial score (nSPS) is 14.3. The van der Waals surface area contributed by atoms with E-state index >= 15 is 0 Å². The predicted molar refractivity (Wildman–Crippen MR) is 92.4 cm³/mol. The summed E-state index contributed by atoms with van der Waals surface area (Å²) < 4.78 is 0. The summed E-state index contributed by atoms with van der Waals surface area (Å²) in [5, 5.41) is 19.3. The quantitative estimate of drug-likeness (QED) is 0.465. The van der Waals surface area contributed by atoms with Crippen molar-refractivity contribution in [3.8, 4) is 11.1 Å². The molecule has 0 amide bonds. The Morgan fingerprint density at radius 1 is 0.750 bits per heavy atom. The van der Waals surface area contributed by atoms with Gasteiger partial charge in [0.25, 0.3) is 0 Å². The molecule has 0 aliphatic heterocycles. The van der Waals surface area contributed by atoms with Gasteiger partial charge in [0.2, 0.25) is 0 Å². The van der Waals surface area contributed by atoms with Crippen LogP contribution in [-0.2, 0) is 0 Å². The molecule has 6 nitrogen and oxygen atoms in total. The molecular weight excluding hydrogens is 304 g/mol. The Bertz CT molecular complexity index is 946. The number of aromatic nitrogens is 4. The molecule has 0 aliphatic carbocycles. The number of benzene rings is 2. The lowest BCUT2D eigenvalue weighted by Crippen LogP contribution is -1.92. The Morgan fingerprint density at radius 2 is 1.17 bits per heavy atom. The Morgan fingerprint density at radius 3 is 1.54 bits per heavy atom. The van der Waals surface area contributed by atoms with Crippen molar-refractivity contribution in [3.63, 3.8) is 0 Å². The van der Waals surface area contributed by atoms with Crippen molar-refractivity contribution in [3.05, 3.63) is 48.0 Å². The number of hydrogen-bond acceptors (Lipinski definition) is 4. The van der Waals surface area contributed by atoms with Crippen molar-refractivity contribution in [2.45, 2.75) is 26.1 Å². The van der Waals surface area contributed by atoms with E-state index in [1.54, 1.807) is 13.8 Å². The first-order valence-corrected chi connectivity index (χ1v) is 7.87. The average Bonchev–Trinajstić information content (AvgIpc) is 3.17. The molecule has 122 valence electrons. The number of aliphatic hydroxyl groups is 2. The topological polar surface area (TPSA) is 97.8 Å². The minimum absolute atomic E-state index is 0.563. The second kappa shape index (κ2) is 5.43. The molecule has 2 aromatic heterocycles. The molecule has 0 spiro atoms. The highest BCUT2D eigenvalue weighted by Gasteiger charge is 2.11. The zero-order valence-corrected chi connectivity index (χ0v) is 13.4. The third kappa shape index (κ3) is 2.46. The number of imidazole rings is 2. The summed E-state index contributed by atoms with van der Waals surface area (Å²) in [6.07, 6.45) is -1.25. The minimum Gasteiger partial charge on any atom is -0.385 e. The fourth-order valence-corrected chi connectivity index (χ4v) is 2.81. The van der Waals surface area contributed by atoms with E-state index in [0.717, 1.165) is 33.2 Å². The van der Waals surface area contributed by atoms with E-state index in [9.17, 15) is 10.2 Å². The summed E-state index contributed by atoms with van der Waals surface area (Å²) in [7, 11) is 0. The van der Waals surface area contributed by atoms with E-state index in [1.807, 2.05) is 36.4 Å².